The monoisotopic (exact) mass is 378 g/mol. The van der Waals surface area contributed by atoms with Gasteiger partial charge in [-0.1, -0.05) is 12.1 Å². The number of nitro groups is 1. The highest BCUT2D eigenvalue weighted by atomic mass is 32.2. The number of carbonyl (C=O) groups is 1. The molecule has 9 heteroatoms. The van der Waals surface area contributed by atoms with Crippen LogP contribution in [0.1, 0.15) is 31.1 Å². The third kappa shape index (κ3) is 4.44. The summed E-state index contributed by atoms with van der Waals surface area (Å²) in [6.45, 7) is 5.13. The minimum absolute atomic E-state index is 0.0125. The Kier molecular flexibility index (Phi) is 5.15. The number of nitrogens with zero attached hydrogens (tertiary/aromatic N) is 1. The van der Waals surface area contributed by atoms with Gasteiger partial charge in [0.15, 0.2) is 0 Å². The van der Waals surface area contributed by atoms with Crippen LogP contribution in [-0.4, -0.2) is 30.0 Å². The van der Waals surface area contributed by atoms with E-state index in [0.29, 0.717) is 5.56 Å². The van der Waals surface area contributed by atoms with Crippen LogP contribution in [0.2, 0.25) is 0 Å². The van der Waals surface area contributed by atoms with Gasteiger partial charge in [-0.3, -0.25) is 10.1 Å². The number of nitro benzene ring substituents is 1. The molecule has 2 aromatic rings. The van der Waals surface area contributed by atoms with E-state index < -0.39 is 26.5 Å². The minimum atomic E-state index is -3.74. The fourth-order valence-corrected chi connectivity index (χ4v) is 3.77. The molecule has 8 nitrogen and oxygen atoms in total. The number of sulfonamides is 1. The summed E-state index contributed by atoms with van der Waals surface area (Å²) in [5, 5.41) is 20.2. The highest BCUT2D eigenvalue weighted by Crippen LogP contribution is 2.29. The summed E-state index contributed by atoms with van der Waals surface area (Å²) in [7, 11) is -3.74. The Morgan fingerprint density at radius 2 is 1.69 bits per heavy atom. The lowest BCUT2D eigenvalue weighted by atomic mass is 9.99. The van der Waals surface area contributed by atoms with Crippen LogP contribution >= 0.6 is 0 Å². The van der Waals surface area contributed by atoms with Crippen LogP contribution < -0.4 is 4.72 Å². The smallest absolute Gasteiger partial charge is 0.336 e. The van der Waals surface area contributed by atoms with Crippen LogP contribution in [0.15, 0.2) is 47.4 Å². The molecule has 138 valence electrons. The molecule has 0 fully saturated rings. The first-order valence-electron chi connectivity index (χ1n) is 7.57. The number of rotatable bonds is 5. The molecule has 0 aliphatic rings. The average Bonchev–Trinajstić information content (AvgIpc) is 2.52. The fraction of sp³-hybridized carbons (Fsp3) is 0.235. The summed E-state index contributed by atoms with van der Waals surface area (Å²) in [6, 6.07) is 8.91. The summed E-state index contributed by atoms with van der Waals surface area (Å²) in [6.07, 6.45) is 0. The van der Waals surface area contributed by atoms with E-state index >= 15 is 0 Å². The third-order valence-corrected chi connectivity index (χ3v) is 5.13. The lowest BCUT2D eigenvalue weighted by molar-refractivity contribution is -0.384. The highest BCUT2D eigenvalue weighted by molar-refractivity contribution is 7.89. The van der Waals surface area contributed by atoms with Gasteiger partial charge >= 0.3 is 5.97 Å². The van der Waals surface area contributed by atoms with Crippen molar-refractivity contribution in [2.24, 2.45) is 0 Å². The predicted octanol–water partition coefficient (Wildman–Crippen LogP) is 3.04. The largest absolute Gasteiger partial charge is 0.478 e. The normalized spacial score (nSPS) is 12.0. The van der Waals surface area contributed by atoms with Crippen LogP contribution in [0.4, 0.5) is 5.69 Å². The highest BCUT2D eigenvalue weighted by Gasteiger charge is 2.22. The van der Waals surface area contributed by atoms with Crippen molar-refractivity contribution in [1.29, 1.82) is 0 Å². The molecule has 0 aliphatic carbocycles. The van der Waals surface area contributed by atoms with Crippen LogP contribution in [0.3, 0.4) is 0 Å². The molecule has 2 rings (SSSR count). The SMILES string of the molecule is CC(C)(C)NS(=O)(=O)c1ccc(-c2cc([N+](=O)[O-])ccc2C(=O)O)cc1. The first-order chi connectivity index (χ1) is 11.9. The second-order valence-electron chi connectivity index (χ2n) is 6.67. The van der Waals surface area contributed by atoms with Gasteiger partial charge in [0.2, 0.25) is 10.0 Å². The molecule has 0 amide bonds. The lowest BCUT2D eigenvalue weighted by Crippen LogP contribution is -2.40. The van der Waals surface area contributed by atoms with Gasteiger partial charge in [-0.2, -0.15) is 0 Å². The Bertz CT molecular complexity index is 960. The van der Waals surface area contributed by atoms with Crippen molar-refractivity contribution in [1.82, 2.24) is 4.72 Å². The van der Waals surface area contributed by atoms with Crippen molar-refractivity contribution < 1.29 is 23.2 Å². The Balaban J connectivity index is 2.50. The molecule has 0 saturated carbocycles. The number of aromatic carboxylic acids is 1. The van der Waals surface area contributed by atoms with Gasteiger partial charge in [-0.05, 0) is 44.5 Å². The average molecular weight is 378 g/mol. The quantitative estimate of drug-likeness (QED) is 0.608. The van der Waals surface area contributed by atoms with E-state index in [1.165, 1.54) is 24.3 Å². The molecule has 26 heavy (non-hydrogen) atoms. The van der Waals surface area contributed by atoms with Gasteiger partial charge < -0.3 is 5.11 Å². The predicted molar refractivity (Wildman–Crippen MR) is 95.6 cm³/mol. The Morgan fingerprint density at radius 1 is 1.12 bits per heavy atom. The van der Waals surface area contributed by atoms with Crippen molar-refractivity contribution in [2.75, 3.05) is 0 Å². The molecule has 0 heterocycles. The van der Waals surface area contributed by atoms with Gasteiger partial charge in [-0.25, -0.2) is 17.9 Å². The number of non-ortho nitro benzene ring substituents is 1. The van der Waals surface area contributed by atoms with Crippen LogP contribution in [0, 0.1) is 10.1 Å². The summed E-state index contributed by atoms with van der Waals surface area (Å²) in [5.74, 6) is -1.24. The van der Waals surface area contributed by atoms with E-state index in [1.807, 2.05) is 0 Å². The molecule has 0 bridgehead atoms. The van der Waals surface area contributed by atoms with Gasteiger partial charge in [0.05, 0.1) is 15.4 Å². The maximum absolute atomic E-state index is 12.3. The fourth-order valence-electron chi connectivity index (χ4n) is 2.35. The van der Waals surface area contributed by atoms with Crippen molar-refractivity contribution in [2.45, 2.75) is 31.2 Å². The van der Waals surface area contributed by atoms with Crippen LogP contribution in [0.5, 0.6) is 0 Å². The zero-order valence-corrected chi connectivity index (χ0v) is 15.2. The molecular formula is C17H18N2O6S. The van der Waals surface area contributed by atoms with Crippen molar-refractivity contribution >= 4 is 21.7 Å². The van der Waals surface area contributed by atoms with E-state index in [0.717, 1.165) is 18.2 Å². The number of benzene rings is 2. The van der Waals surface area contributed by atoms with Gasteiger partial charge in [0.1, 0.15) is 0 Å². The number of carboxylic acids is 1. The molecule has 0 saturated heterocycles. The van der Waals surface area contributed by atoms with Crippen LogP contribution in [0.25, 0.3) is 11.1 Å². The maximum Gasteiger partial charge on any atom is 0.336 e. The second-order valence-corrected chi connectivity index (χ2v) is 8.35. The zero-order valence-electron chi connectivity index (χ0n) is 14.4. The molecule has 0 aliphatic heterocycles. The van der Waals surface area contributed by atoms with E-state index in [4.69, 9.17) is 0 Å². The molecule has 0 aromatic heterocycles. The van der Waals surface area contributed by atoms with E-state index in [1.54, 1.807) is 20.8 Å². The van der Waals surface area contributed by atoms with Gasteiger partial charge in [0, 0.05) is 23.2 Å². The summed E-state index contributed by atoms with van der Waals surface area (Å²) in [4.78, 5) is 21.7. The molecule has 0 radical (unpaired) electrons. The van der Waals surface area contributed by atoms with E-state index in [-0.39, 0.29) is 21.7 Å². The molecule has 0 spiro atoms. The topological polar surface area (TPSA) is 127 Å². The second kappa shape index (κ2) is 6.85. The Labute approximate surface area is 150 Å². The lowest BCUT2D eigenvalue weighted by Gasteiger charge is -2.20. The summed E-state index contributed by atoms with van der Waals surface area (Å²) in [5.41, 5.74) is -0.524. The molecule has 0 atom stereocenters. The molecule has 2 aromatic carbocycles. The molecule has 0 unspecified atom stereocenters. The number of hydrogen-bond donors (Lipinski definition) is 2. The number of hydrogen-bond acceptors (Lipinski definition) is 5. The number of nitrogens with one attached hydrogen (secondary N) is 1. The zero-order chi connectivity index (χ0) is 19.7. The van der Waals surface area contributed by atoms with Crippen molar-refractivity contribution in [3.63, 3.8) is 0 Å². The minimum Gasteiger partial charge on any atom is -0.478 e. The molecule has 2 N–H and O–H groups in total. The Hall–Kier alpha value is -2.78. The summed E-state index contributed by atoms with van der Waals surface area (Å²) >= 11 is 0. The Morgan fingerprint density at radius 3 is 2.15 bits per heavy atom. The maximum atomic E-state index is 12.3. The van der Waals surface area contributed by atoms with Gasteiger partial charge in [0.25, 0.3) is 5.69 Å². The first kappa shape index (κ1) is 19.5. The standard InChI is InChI=1S/C17H18N2O6S/c1-17(2,3)18-26(24,25)13-7-4-11(5-8-13)15-10-12(19(22)23)6-9-14(15)16(20)21/h4-10,18H,1-3H3,(H,20,21). The van der Waals surface area contributed by atoms with Gasteiger partial charge in [-0.15, -0.1) is 0 Å². The van der Waals surface area contributed by atoms with Crippen molar-refractivity contribution in [3.05, 3.63) is 58.1 Å². The third-order valence-electron chi connectivity index (χ3n) is 3.36. The van der Waals surface area contributed by atoms with Crippen molar-refractivity contribution in [3.8, 4) is 11.1 Å². The van der Waals surface area contributed by atoms with E-state index in [9.17, 15) is 28.4 Å². The summed E-state index contributed by atoms with van der Waals surface area (Å²) < 4.78 is 27.2. The van der Waals surface area contributed by atoms with Crippen LogP contribution in [-0.2, 0) is 10.0 Å². The molecular weight excluding hydrogens is 360 g/mol. The van der Waals surface area contributed by atoms with E-state index in [2.05, 4.69) is 4.72 Å². The number of carboxylic acid groups (broad SMARTS) is 1. The first-order valence-corrected chi connectivity index (χ1v) is 9.05.